The fraction of sp³-hybridized carbons (Fsp3) is 0.429. The third-order valence-electron chi connectivity index (χ3n) is 2.94. The van der Waals surface area contributed by atoms with Gasteiger partial charge in [0.25, 0.3) is 5.89 Å². The Balaban J connectivity index is 2.28. The van der Waals surface area contributed by atoms with Gasteiger partial charge in [0.2, 0.25) is 0 Å². The molecular formula is C14H16F3N3O. The number of nitrogen functional groups attached to an aromatic ring is 1. The van der Waals surface area contributed by atoms with Gasteiger partial charge in [-0.3, -0.25) is 0 Å². The molecule has 1 heterocycles. The smallest absolute Gasteiger partial charge is 0.399 e. The zero-order chi connectivity index (χ0) is 15.6. The van der Waals surface area contributed by atoms with Crippen LogP contribution in [0.4, 0.5) is 18.9 Å². The van der Waals surface area contributed by atoms with Crippen LogP contribution in [0.3, 0.4) is 0 Å². The van der Waals surface area contributed by atoms with Crippen LogP contribution in [0.1, 0.15) is 31.7 Å². The monoisotopic (exact) mass is 299 g/mol. The first kappa shape index (κ1) is 15.3. The van der Waals surface area contributed by atoms with Crippen LogP contribution in [-0.4, -0.2) is 10.1 Å². The topological polar surface area (TPSA) is 64.9 Å². The molecule has 2 aromatic rings. The number of rotatable bonds is 4. The lowest BCUT2D eigenvalue weighted by molar-refractivity contribution is -0.137. The van der Waals surface area contributed by atoms with E-state index in [0.717, 1.165) is 18.6 Å². The number of hydrogen-bond donors (Lipinski definition) is 1. The maximum Gasteiger partial charge on any atom is 0.416 e. The third kappa shape index (κ3) is 3.96. The van der Waals surface area contributed by atoms with Crippen LogP contribution in [0.15, 0.2) is 22.7 Å². The van der Waals surface area contributed by atoms with E-state index in [4.69, 9.17) is 10.3 Å². The van der Waals surface area contributed by atoms with Crippen molar-refractivity contribution >= 4 is 5.69 Å². The lowest BCUT2D eigenvalue weighted by Gasteiger charge is -2.08. The van der Waals surface area contributed by atoms with Gasteiger partial charge >= 0.3 is 6.18 Å². The molecule has 2 N–H and O–H groups in total. The minimum Gasteiger partial charge on any atom is -0.399 e. The lowest BCUT2D eigenvalue weighted by atomic mass is 10.1. The van der Waals surface area contributed by atoms with Crippen molar-refractivity contribution in [2.45, 2.75) is 32.9 Å². The summed E-state index contributed by atoms with van der Waals surface area (Å²) in [5.41, 5.74) is 4.85. The standard InChI is InChI=1S/C14H16F3N3O/c1-8(2)3-4-12-19-13(21-20-12)9-5-10(14(15,16)17)7-11(18)6-9/h5-8H,3-4,18H2,1-2H3. The number of aryl methyl sites for hydroxylation is 1. The molecule has 0 spiro atoms. The van der Waals surface area contributed by atoms with Gasteiger partial charge in [0.05, 0.1) is 5.56 Å². The normalized spacial score (nSPS) is 12.1. The quantitative estimate of drug-likeness (QED) is 0.869. The molecule has 0 bridgehead atoms. The highest BCUT2D eigenvalue weighted by Gasteiger charge is 2.31. The first-order valence-corrected chi connectivity index (χ1v) is 6.56. The molecule has 114 valence electrons. The van der Waals surface area contributed by atoms with Gasteiger partial charge in [-0.1, -0.05) is 19.0 Å². The van der Waals surface area contributed by atoms with Crippen LogP contribution in [0.25, 0.3) is 11.5 Å². The maximum absolute atomic E-state index is 12.8. The van der Waals surface area contributed by atoms with Crippen LogP contribution < -0.4 is 5.73 Å². The van der Waals surface area contributed by atoms with Crippen molar-refractivity contribution in [3.8, 4) is 11.5 Å². The Labute approximate surface area is 120 Å². The predicted octanol–water partition coefficient (Wildman–Crippen LogP) is 3.93. The van der Waals surface area contributed by atoms with Gasteiger partial charge in [-0.2, -0.15) is 18.2 Å². The Morgan fingerprint density at radius 2 is 1.95 bits per heavy atom. The van der Waals surface area contributed by atoms with Gasteiger partial charge in [0.15, 0.2) is 5.82 Å². The summed E-state index contributed by atoms with van der Waals surface area (Å²) in [5, 5.41) is 3.78. The van der Waals surface area contributed by atoms with E-state index in [1.54, 1.807) is 0 Å². The van der Waals surface area contributed by atoms with Crippen LogP contribution in [-0.2, 0) is 12.6 Å². The molecule has 21 heavy (non-hydrogen) atoms. The van der Waals surface area contributed by atoms with Crippen molar-refractivity contribution in [2.75, 3.05) is 5.73 Å². The number of anilines is 1. The minimum absolute atomic E-state index is 0.00163. The Morgan fingerprint density at radius 1 is 1.24 bits per heavy atom. The fourth-order valence-corrected chi connectivity index (χ4v) is 1.83. The summed E-state index contributed by atoms with van der Waals surface area (Å²) in [7, 11) is 0. The lowest BCUT2D eigenvalue weighted by Crippen LogP contribution is -2.06. The summed E-state index contributed by atoms with van der Waals surface area (Å²) < 4.78 is 43.3. The van der Waals surface area contributed by atoms with E-state index in [1.807, 2.05) is 0 Å². The molecule has 2 rings (SSSR count). The van der Waals surface area contributed by atoms with Crippen LogP contribution in [0.5, 0.6) is 0 Å². The summed E-state index contributed by atoms with van der Waals surface area (Å²) >= 11 is 0. The molecule has 0 aliphatic rings. The number of halogens is 3. The third-order valence-corrected chi connectivity index (χ3v) is 2.94. The fourth-order valence-electron chi connectivity index (χ4n) is 1.83. The second-order valence-corrected chi connectivity index (χ2v) is 5.29. The van der Waals surface area contributed by atoms with E-state index in [1.165, 1.54) is 6.07 Å². The predicted molar refractivity (Wildman–Crippen MR) is 72.3 cm³/mol. The zero-order valence-electron chi connectivity index (χ0n) is 11.7. The molecule has 0 amide bonds. The van der Waals surface area contributed by atoms with Crippen molar-refractivity contribution in [3.63, 3.8) is 0 Å². The van der Waals surface area contributed by atoms with Crippen LogP contribution >= 0.6 is 0 Å². The van der Waals surface area contributed by atoms with Gasteiger partial charge in [-0.25, -0.2) is 0 Å². The van der Waals surface area contributed by atoms with Crippen molar-refractivity contribution in [1.29, 1.82) is 0 Å². The summed E-state index contributed by atoms with van der Waals surface area (Å²) in [6.45, 7) is 4.13. The van der Waals surface area contributed by atoms with Crippen molar-refractivity contribution in [2.24, 2.45) is 5.92 Å². The van der Waals surface area contributed by atoms with Crippen molar-refractivity contribution in [1.82, 2.24) is 10.1 Å². The first-order valence-electron chi connectivity index (χ1n) is 6.56. The van der Waals surface area contributed by atoms with E-state index in [0.29, 0.717) is 18.2 Å². The highest BCUT2D eigenvalue weighted by Crippen LogP contribution is 2.33. The Hall–Kier alpha value is -2.05. The van der Waals surface area contributed by atoms with Crippen molar-refractivity contribution < 1.29 is 17.7 Å². The molecule has 0 aliphatic heterocycles. The first-order chi connectivity index (χ1) is 9.75. The summed E-state index contributed by atoms with van der Waals surface area (Å²) in [4.78, 5) is 4.12. The Morgan fingerprint density at radius 3 is 2.57 bits per heavy atom. The van der Waals surface area contributed by atoms with Gasteiger partial charge in [-0.15, -0.1) is 0 Å². The molecule has 7 heteroatoms. The van der Waals surface area contributed by atoms with Gasteiger partial charge < -0.3 is 10.3 Å². The molecular weight excluding hydrogens is 283 g/mol. The average Bonchev–Trinajstić information content (AvgIpc) is 2.83. The van der Waals surface area contributed by atoms with Gasteiger partial charge in [-0.05, 0) is 30.5 Å². The number of alkyl halides is 3. The molecule has 0 radical (unpaired) electrons. The van der Waals surface area contributed by atoms with Gasteiger partial charge in [0, 0.05) is 17.7 Å². The molecule has 1 aromatic carbocycles. The number of hydrogen-bond acceptors (Lipinski definition) is 4. The maximum atomic E-state index is 12.8. The highest BCUT2D eigenvalue weighted by molar-refractivity contribution is 5.62. The number of benzene rings is 1. The largest absolute Gasteiger partial charge is 0.416 e. The number of nitrogens with zero attached hydrogens (tertiary/aromatic N) is 2. The van der Waals surface area contributed by atoms with E-state index >= 15 is 0 Å². The summed E-state index contributed by atoms with van der Waals surface area (Å²) in [6.07, 6.45) is -2.97. The number of nitrogens with two attached hydrogens (primary N) is 1. The molecule has 0 aliphatic carbocycles. The van der Waals surface area contributed by atoms with E-state index < -0.39 is 11.7 Å². The second-order valence-electron chi connectivity index (χ2n) is 5.29. The molecule has 4 nitrogen and oxygen atoms in total. The SMILES string of the molecule is CC(C)CCc1noc(-c2cc(N)cc(C(F)(F)F)c2)n1. The van der Waals surface area contributed by atoms with E-state index in [-0.39, 0.29) is 17.1 Å². The minimum atomic E-state index is -4.47. The van der Waals surface area contributed by atoms with Gasteiger partial charge in [0.1, 0.15) is 0 Å². The molecule has 0 unspecified atom stereocenters. The molecule has 0 saturated carbocycles. The summed E-state index contributed by atoms with van der Waals surface area (Å²) in [6, 6.07) is 3.21. The molecule has 0 saturated heterocycles. The summed E-state index contributed by atoms with van der Waals surface area (Å²) in [5.74, 6) is 1.01. The number of aromatic nitrogens is 2. The Bertz CT molecular complexity index is 620. The second kappa shape index (κ2) is 5.75. The molecule has 0 fully saturated rings. The molecule has 1 aromatic heterocycles. The van der Waals surface area contributed by atoms with Crippen LogP contribution in [0, 0.1) is 5.92 Å². The molecule has 0 atom stereocenters. The highest BCUT2D eigenvalue weighted by atomic mass is 19.4. The van der Waals surface area contributed by atoms with Crippen molar-refractivity contribution in [3.05, 3.63) is 29.6 Å². The van der Waals surface area contributed by atoms with E-state index in [9.17, 15) is 13.2 Å². The van der Waals surface area contributed by atoms with E-state index in [2.05, 4.69) is 24.0 Å². The Kier molecular flexibility index (Phi) is 4.20. The zero-order valence-corrected chi connectivity index (χ0v) is 11.7. The van der Waals surface area contributed by atoms with Crippen LogP contribution in [0.2, 0.25) is 0 Å². The average molecular weight is 299 g/mol.